The molecule has 1 aliphatic rings. The fourth-order valence-corrected chi connectivity index (χ4v) is 5.49. The number of carbonyl (C=O) groups is 3. The van der Waals surface area contributed by atoms with Gasteiger partial charge in [-0.05, 0) is 54.4 Å². The number of anilines is 1. The summed E-state index contributed by atoms with van der Waals surface area (Å²) in [5.74, 6) is -3.09. The average molecular weight is 585 g/mol. The van der Waals surface area contributed by atoms with Gasteiger partial charge in [-0.2, -0.15) is 0 Å². The number of hydrogen-bond donors (Lipinski definition) is 1. The van der Waals surface area contributed by atoms with E-state index in [0.717, 1.165) is 33.9 Å². The van der Waals surface area contributed by atoms with E-state index in [4.69, 9.17) is 9.47 Å². The molecular formula is C32H25FN2O6S. The second kappa shape index (κ2) is 12.2. The summed E-state index contributed by atoms with van der Waals surface area (Å²) in [4.78, 5) is 45.3. The Morgan fingerprint density at radius 2 is 1.83 bits per heavy atom. The van der Waals surface area contributed by atoms with Crippen LogP contribution in [0.4, 0.5) is 9.52 Å². The van der Waals surface area contributed by atoms with Crippen LogP contribution in [-0.2, 0) is 20.9 Å². The molecule has 4 aromatic rings. The maximum atomic E-state index is 13.6. The van der Waals surface area contributed by atoms with Crippen LogP contribution in [0.1, 0.15) is 38.1 Å². The minimum atomic E-state index is -1.13. The summed E-state index contributed by atoms with van der Waals surface area (Å²) in [5.41, 5.74) is 1.64. The van der Waals surface area contributed by atoms with Crippen molar-refractivity contribution < 1.29 is 33.4 Å². The van der Waals surface area contributed by atoms with Gasteiger partial charge in [0.2, 0.25) is 0 Å². The number of rotatable bonds is 9. The summed E-state index contributed by atoms with van der Waals surface area (Å²) in [6, 6.07) is 20.1. The number of nitrogens with zero attached hydrogens (tertiary/aromatic N) is 2. The van der Waals surface area contributed by atoms with Crippen LogP contribution in [-0.4, -0.2) is 34.4 Å². The summed E-state index contributed by atoms with van der Waals surface area (Å²) >= 11 is 0.891. The molecule has 1 amide bonds. The standard InChI is InChI=1S/C32H25FN2O6S/c1-3-16-40-31(39)29-19(2)34-32(42-29)35-26(22-10-7-11-24(17-22)41-18-20-8-5-4-6-9-20)25(28(37)30(35)38)27(36)21-12-14-23(33)15-13-21/h3-15,17,26,36H,1,16,18H2,2H3. The SMILES string of the molecule is C=CCOC(=O)c1sc(N2C(=O)C(=O)C(=C(O)c3ccc(F)cc3)C2c2cccc(OCc3ccccc3)c2)nc1C. The Hall–Kier alpha value is -5.09. The van der Waals surface area contributed by atoms with Gasteiger partial charge in [0.05, 0.1) is 17.3 Å². The number of benzene rings is 3. The number of aromatic nitrogens is 1. The highest BCUT2D eigenvalue weighted by Crippen LogP contribution is 2.44. The zero-order valence-corrected chi connectivity index (χ0v) is 23.3. The lowest BCUT2D eigenvalue weighted by Gasteiger charge is -2.23. The molecule has 0 radical (unpaired) electrons. The summed E-state index contributed by atoms with van der Waals surface area (Å²) < 4.78 is 24.8. The number of hydrogen-bond acceptors (Lipinski definition) is 8. The van der Waals surface area contributed by atoms with E-state index >= 15 is 0 Å². The van der Waals surface area contributed by atoms with Crippen molar-refractivity contribution in [3.63, 3.8) is 0 Å². The minimum absolute atomic E-state index is 0.0105. The molecule has 8 nitrogen and oxygen atoms in total. The van der Waals surface area contributed by atoms with Gasteiger partial charge in [-0.15, -0.1) is 0 Å². The van der Waals surface area contributed by atoms with Gasteiger partial charge in [-0.25, -0.2) is 14.2 Å². The van der Waals surface area contributed by atoms with Gasteiger partial charge in [0.15, 0.2) is 5.13 Å². The van der Waals surface area contributed by atoms with E-state index in [1.807, 2.05) is 30.3 Å². The third-order valence-electron chi connectivity index (χ3n) is 6.49. The molecule has 1 N–H and O–H groups in total. The van der Waals surface area contributed by atoms with Crippen LogP contribution in [0.25, 0.3) is 5.76 Å². The Balaban J connectivity index is 1.60. The largest absolute Gasteiger partial charge is 0.507 e. The number of ether oxygens (including phenoxy) is 2. The van der Waals surface area contributed by atoms with Crippen molar-refractivity contribution in [2.45, 2.75) is 19.6 Å². The number of thiazole rings is 1. The first-order valence-corrected chi connectivity index (χ1v) is 13.7. The quantitative estimate of drug-likeness (QED) is 0.0828. The summed E-state index contributed by atoms with van der Waals surface area (Å²) in [5, 5.41) is 11.4. The first-order valence-electron chi connectivity index (χ1n) is 12.9. The third kappa shape index (κ3) is 5.70. The van der Waals surface area contributed by atoms with Crippen LogP contribution in [0.15, 0.2) is 97.1 Å². The number of ketones is 1. The van der Waals surface area contributed by atoms with Crippen LogP contribution < -0.4 is 9.64 Å². The number of amides is 1. The first kappa shape index (κ1) is 28.4. The van der Waals surface area contributed by atoms with Gasteiger partial charge in [-0.3, -0.25) is 14.5 Å². The first-order chi connectivity index (χ1) is 20.3. The van der Waals surface area contributed by atoms with Gasteiger partial charge in [-0.1, -0.05) is 66.5 Å². The molecule has 1 unspecified atom stereocenters. The molecule has 0 bridgehead atoms. The lowest BCUT2D eigenvalue weighted by atomic mass is 9.95. The number of aliphatic hydroxyl groups excluding tert-OH is 1. The Morgan fingerprint density at radius 1 is 1.10 bits per heavy atom. The fraction of sp³-hybridized carbons (Fsp3) is 0.125. The molecule has 0 saturated carbocycles. The van der Waals surface area contributed by atoms with Gasteiger partial charge < -0.3 is 14.6 Å². The molecule has 10 heteroatoms. The Morgan fingerprint density at radius 3 is 2.55 bits per heavy atom. The number of halogens is 1. The van der Waals surface area contributed by atoms with Gasteiger partial charge in [0.1, 0.15) is 35.4 Å². The highest BCUT2D eigenvalue weighted by molar-refractivity contribution is 7.17. The average Bonchev–Trinajstić information content (AvgIpc) is 3.51. The van der Waals surface area contributed by atoms with Crippen molar-refractivity contribution in [2.75, 3.05) is 11.5 Å². The van der Waals surface area contributed by atoms with E-state index < -0.39 is 35.3 Å². The van der Waals surface area contributed by atoms with Gasteiger partial charge >= 0.3 is 11.9 Å². The van der Waals surface area contributed by atoms with Crippen molar-refractivity contribution in [3.05, 3.63) is 130 Å². The monoisotopic (exact) mass is 584 g/mol. The van der Waals surface area contributed by atoms with Crippen LogP contribution in [0.5, 0.6) is 5.75 Å². The molecule has 212 valence electrons. The maximum Gasteiger partial charge on any atom is 0.350 e. The predicted molar refractivity (Wildman–Crippen MR) is 156 cm³/mol. The molecule has 1 aromatic heterocycles. The number of aryl methyl sites for hydroxylation is 1. The predicted octanol–water partition coefficient (Wildman–Crippen LogP) is 6.14. The van der Waals surface area contributed by atoms with E-state index in [-0.39, 0.29) is 34.4 Å². The molecule has 3 aromatic carbocycles. The normalized spacial score (nSPS) is 16.0. The van der Waals surface area contributed by atoms with E-state index in [9.17, 15) is 23.9 Å². The summed E-state index contributed by atoms with van der Waals surface area (Å²) in [7, 11) is 0. The molecule has 1 aliphatic heterocycles. The lowest BCUT2D eigenvalue weighted by Crippen LogP contribution is -2.29. The molecule has 1 fully saturated rings. The van der Waals surface area contributed by atoms with Crippen LogP contribution in [0, 0.1) is 12.7 Å². The Kier molecular flexibility index (Phi) is 8.26. The fourth-order valence-electron chi connectivity index (χ4n) is 4.50. The van der Waals surface area contributed by atoms with E-state index in [1.165, 1.54) is 18.2 Å². The molecule has 1 saturated heterocycles. The maximum absolute atomic E-state index is 13.6. The molecule has 5 rings (SSSR count). The van der Waals surface area contributed by atoms with E-state index in [0.29, 0.717) is 17.0 Å². The summed E-state index contributed by atoms with van der Waals surface area (Å²) in [6.07, 6.45) is 1.43. The van der Waals surface area contributed by atoms with Crippen molar-refractivity contribution in [1.82, 2.24) is 4.98 Å². The molecule has 0 aliphatic carbocycles. The highest BCUT2D eigenvalue weighted by atomic mass is 32.1. The second-order valence-corrected chi connectivity index (χ2v) is 10.3. The zero-order valence-electron chi connectivity index (χ0n) is 22.5. The number of carbonyl (C=O) groups excluding carboxylic acids is 3. The topological polar surface area (TPSA) is 106 Å². The van der Waals surface area contributed by atoms with Crippen molar-refractivity contribution >= 4 is 39.9 Å². The molecule has 2 heterocycles. The summed E-state index contributed by atoms with van der Waals surface area (Å²) in [6.45, 7) is 5.39. The van der Waals surface area contributed by atoms with Crippen molar-refractivity contribution in [3.8, 4) is 5.75 Å². The molecule has 0 spiro atoms. The van der Waals surface area contributed by atoms with Gasteiger partial charge in [0.25, 0.3) is 5.78 Å². The van der Waals surface area contributed by atoms with E-state index in [1.54, 1.807) is 31.2 Å². The minimum Gasteiger partial charge on any atom is -0.507 e. The second-order valence-electron chi connectivity index (χ2n) is 9.32. The van der Waals surface area contributed by atoms with Crippen molar-refractivity contribution in [2.24, 2.45) is 0 Å². The van der Waals surface area contributed by atoms with E-state index in [2.05, 4.69) is 11.6 Å². The Labute approximate surface area is 245 Å². The number of Topliss-reactive ketones (excluding diaryl/α,β-unsaturated/α-hetero) is 1. The zero-order chi connectivity index (χ0) is 29.8. The van der Waals surface area contributed by atoms with Crippen molar-refractivity contribution in [1.29, 1.82) is 0 Å². The molecule has 1 atom stereocenters. The van der Waals surface area contributed by atoms with Crippen LogP contribution >= 0.6 is 11.3 Å². The van der Waals surface area contributed by atoms with Crippen LogP contribution in [0.3, 0.4) is 0 Å². The van der Waals surface area contributed by atoms with Crippen LogP contribution in [0.2, 0.25) is 0 Å². The Bertz CT molecular complexity index is 1700. The van der Waals surface area contributed by atoms with Gasteiger partial charge in [0, 0.05) is 5.56 Å². The smallest absolute Gasteiger partial charge is 0.350 e. The lowest BCUT2D eigenvalue weighted by molar-refractivity contribution is -0.132. The molecular weight excluding hydrogens is 559 g/mol. The highest BCUT2D eigenvalue weighted by Gasteiger charge is 2.48. The molecule has 42 heavy (non-hydrogen) atoms. The number of esters is 1. The third-order valence-corrected chi connectivity index (χ3v) is 7.63. The number of aliphatic hydroxyl groups is 1.